The maximum absolute atomic E-state index is 15.0. The molecule has 0 atom stereocenters. The molecule has 1 aromatic heterocycles. The number of aromatic nitrogens is 1. The van der Waals surface area contributed by atoms with Gasteiger partial charge in [0, 0.05) is 12.3 Å². The van der Waals surface area contributed by atoms with Gasteiger partial charge in [0.05, 0.1) is 39.6 Å². The zero-order valence-electron chi connectivity index (χ0n) is 19.1. The molecule has 0 spiro atoms. The van der Waals surface area contributed by atoms with Crippen LogP contribution < -0.4 is 16.5 Å². The summed E-state index contributed by atoms with van der Waals surface area (Å²) in [6.07, 6.45) is -0.102. The highest BCUT2D eigenvalue weighted by atomic mass is 35.5. The number of rotatable bonds is 4. The van der Waals surface area contributed by atoms with Crippen molar-refractivity contribution < 1.29 is 32.2 Å². The molecule has 12 heteroatoms. The molecule has 0 aliphatic carbocycles. The summed E-state index contributed by atoms with van der Waals surface area (Å²) >= 11 is 6.20. The Morgan fingerprint density at radius 3 is 2.37 bits per heavy atom. The molecule has 186 valence electrons. The normalized spacial score (nSPS) is 11.4. The van der Waals surface area contributed by atoms with Gasteiger partial charge in [0.2, 0.25) is 5.43 Å². The van der Waals surface area contributed by atoms with Crippen LogP contribution in [0.4, 0.5) is 29.3 Å². The summed E-state index contributed by atoms with van der Waals surface area (Å²) in [5.41, 5.74) is 1.55. The number of amides is 1. The number of hydrogen-bond donors (Lipinski definition) is 2. The fourth-order valence-corrected chi connectivity index (χ4v) is 3.49. The number of fused-ring (bicyclic) bond motifs is 1. The summed E-state index contributed by atoms with van der Waals surface area (Å²) in [4.78, 5) is 37.5. The summed E-state index contributed by atoms with van der Waals surface area (Å²) in [5.74, 6) is -4.39. The van der Waals surface area contributed by atoms with Crippen LogP contribution in [0.3, 0.4) is 0 Å². The van der Waals surface area contributed by atoms with Crippen LogP contribution in [0.2, 0.25) is 5.02 Å². The molecule has 35 heavy (non-hydrogen) atoms. The summed E-state index contributed by atoms with van der Waals surface area (Å²) in [7, 11) is 0. The Hall–Kier alpha value is -3.73. The lowest BCUT2D eigenvalue weighted by atomic mass is 10.1. The average Bonchev–Trinajstić information content (AvgIpc) is 2.73. The highest BCUT2D eigenvalue weighted by molar-refractivity contribution is 6.37. The molecule has 2 aromatic carbocycles. The van der Waals surface area contributed by atoms with E-state index in [0.717, 1.165) is 22.9 Å². The number of nitrogen functional groups attached to an aromatic ring is 1. The van der Waals surface area contributed by atoms with Crippen LogP contribution in [0.15, 0.2) is 29.2 Å². The van der Waals surface area contributed by atoms with Gasteiger partial charge in [0.1, 0.15) is 28.6 Å². The quantitative estimate of drug-likeness (QED) is 0.369. The largest absolute Gasteiger partial charge is 0.462 e. The SMILES string of the molecule is CCOC(=O)c1cn(-c2cc(NC(=O)OC(C)(C)C)c(F)cc2F)c2c(Cl)c(N)c(F)cc2c1=O. The van der Waals surface area contributed by atoms with Gasteiger partial charge in [-0.2, -0.15) is 0 Å². The number of carbonyl (C=O) groups excluding carboxylic acids is 2. The first kappa shape index (κ1) is 25.9. The van der Waals surface area contributed by atoms with Crippen LogP contribution in [0, 0.1) is 17.5 Å². The number of halogens is 4. The predicted octanol–water partition coefficient (Wildman–Crippen LogP) is 5.17. The minimum absolute atomic E-state index is 0.0813. The maximum Gasteiger partial charge on any atom is 0.412 e. The van der Waals surface area contributed by atoms with E-state index < -0.39 is 73.6 Å². The number of hydrogen-bond acceptors (Lipinski definition) is 6. The van der Waals surface area contributed by atoms with E-state index in [-0.39, 0.29) is 12.1 Å². The molecular formula is C23H21ClF3N3O5. The second-order valence-electron chi connectivity index (χ2n) is 8.35. The third kappa shape index (κ3) is 5.19. The molecule has 0 saturated carbocycles. The average molecular weight is 512 g/mol. The molecule has 0 saturated heterocycles. The molecule has 0 radical (unpaired) electrons. The van der Waals surface area contributed by atoms with E-state index in [0.29, 0.717) is 6.07 Å². The van der Waals surface area contributed by atoms with Gasteiger partial charge >= 0.3 is 12.1 Å². The van der Waals surface area contributed by atoms with Crippen LogP contribution in [0.5, 0.6) is 0 Å². The predicted molar refractivity (Wildman–Crippen MR) is 125 cm³/mol. The number of esters is 1. The van der Waals surface area contributed by atoms with Crippen molar-refractivity contribution in [3.05, 3.63) is 62.7 Å². The van der Waals surface area contributed by atoms with Crippen LogP contribution in [0.25, 0.3) is 16.6 Å². The maximum atomic E-state index is 15.0. The topological polar surface area (TPSA) is 113 Å². The third-order valence-corrected chi connectivity index (χ3v) is 5.03. The van der Waals surface area contributed by atoms with E-state index in [1.54, 1.807) is 20.8 Å². The number of ether oxygens (including phenoxy) is 2. The van der Waals surface area contributed by atoms with Crippen molar-refractivity contribution in [3.63, 3.8) is 0 Å². The van der Waals surface area contributed by atoms with Crippen LogP contribution in [-0.4, -0.2) is 28.8 Å². The Morgan fingerprint density at radius 1 is 1.11 bits per heavy atom. The van der Waals surface area contributed by atoms with E-state index in [4.69, 9.17) is 26.8 Å². The Bertz CT molecular complexity index is 1420. The highest BCUT2D eigenvalue weighted by Gasteiger charge is 2.24. The fourth-order valence-electron chi connectivity index (χ4n) is 3.21. The standard InChI is InChI=1S/C23H21ClF3N3O5/c1-5-34-21(32)11-9-30(19-10(20(11)31)6-14(27)18(28)17(19)24)16-8-15(12(25)7-13(16)26)29-22(33)35-23(2,3)4/h6-9H,5,28H2,1-4H3,(H,29,33). The number of benzene rings is 2. The van der Waals surface area contributed by atoms with Gasteiger partial charge in [-0.1, -0.05) is 11.6 Å². The lowest BCUT2D eigenvalue weighted by molar-refractivity contribution is 0.0523. The van der Waals surface area contributed by atoms with Crippen molar-refractivity contribution in [1.29, 1.82) is 0 Å². The Morgan fingerprint density at radius 2 is 1.77 bits per heavy atom. The van der Waals surface area contributed by atoms with Gasteiger partial charge in [-0.15, -0.1) is 0 Å². The number of anilines is 2. The number of nitrogens with zero attached hydrogens (tertiary/aromatic N) is 1. The van der Waals surface area contributed by atoms with E-state index >= 15 is 0 Å². The second kappa shape index (κ2) is 9.49. The Kier molecular flexibility index (Phi) is 7.02. The molecular weight excluding hydrogens is 491 g/mol. The molecule has 0 fully saturated rings. The summed E-state index contributed by atoms with van der Waals surface area (Å²) < 4.78 is 54.7. The first-order chi connectivity index (χ1) is 16.2. The first-order valence-electron chi connectivity index (χ1n) is 10.2. The summed E-state index contributed by atoms with van der Waals surface area (Å²) in [5, 5.41) is 1.32. The molecule has 0 aliphatic rings. The van der Waals surface area contributed by atoms with Gasteiger partial charge in [-0.3, -0.25) is 10.1 Å². The van der Waals surface area contributed by atoms with Crippen LogP contribution in [-0.2, 0) is 9.47 Å². The zero-order chi connectivity index (χ0) is 26.2. The van der Waals surface area contributed by atoms with Gasteiger partial charge in [-0.25, -0.2) is 22.8 Å². The lowest BCUT2D eigenvalue weighted by Gasteiger charge is -2.20. The molecule has 0 bridgehead atoms. The summed E-state index contributed by atoms with van der Waals surface area (Å²) in [6.45, 7) is 6.20. The Balaban J connectivity index is 2.34. The van der Waals surface area contributed by atoms with Crippen molar-refractivity contribution in [2.24, 2.45) is 0 Å². The summed E-state index contributed by atoms with van der Waals surface area (Å²) in [6, 6.07) is 2.11. The van der Waals surface area contributed by atoms with Gasteiger partial charge < -0.3 is 19.8 Å². The number of carbonyl (C=O) groups is 2. The van der Waals surface area contributed by atoms with Gasteiger partial charge in [0.15, 0.2) is 0 Å². The number of pyridine rings is 1. The van der Waals surface area contributed by atoms with Crippen LogP contribution in [0.1, 0.15) is 38.1 Å². The molecule has 3 rings (SSSR count). The molecule has 0 unspecified atom stereocenters. The van der Waals surface area contributed by atoms with E-state index in [2.05, 4.69) is 5.32 Å². The second-order valence-corrected chi connectivity index (χ2v) is 8.73. The van der Waals surface area contributed by atoms with Crippen LogP contribution >= 0.6 is 11.6 Å². The van der Waals surface area contributed by atoms with Crippen molar-refractivity contribution in [2.75, 3.05) is 17.7 Å². The van der Waals surface area contributed by atoms with E-state index in [9.17, 15) is 27.6 Å². The third-order valence-electron chi connectivity index (χ3n) is 4.64. The molecule has 1 heterocycles. The highest BCUT2D eigenvalue weighted by Crippen LogP contribution is 2.34. The van der Waals surface area contributed by atoms with E-state index in [1.807, 2.05) is 0 Å². The molecule has 3 aromatic rings. The smallest absolute Gasteiger partial charge is 0.412 e. The first-order valence-corrected chi connectivity index (χ1v) is 10.6. The van der Waals surface area contributed by atoms with Crippen molar-refractivity contribution in [2.45, 2.75) is 33.3 Å². The molecule has 3 N–H and O–H groups in total. The van der Waals surface area contributed by atoms with E-state index in [1.165, 1.54) is 6.92 Å². The van der Waals surface area contributed by atoms with Gasteiger partial charge in [0.25, 0.3) is 0 Å². The minimum atomic E-state index is -1.16. The number of nitrogens with two attached hydrogens (primary N) is 1. The Labute approximate surface area is 202 Å². The fraction of sp³-hybridized carbons (Fsp3) is 0.261. The zero-order valence-corrected chi connectivity index (χ0v) is 19.9. The molecule has 0 aliphatic heterocycles. The van der Waals surface area contributed by atoms with Crippen molar-refractivity contribution >= 4 is 45.9 Å². The van der Waals surface area contributed by atoms with Crippen molar-refractivity contribution in [3.8, 4) is 5.69 Å². The monoisotopic (exact) mass is 511 g/mol. The minimum Gasteiger partial charge on any atom is -0.462 e. The number of nitrogens with one attached hydrogen (secondary N) is 1. The lowest BCUT2D eigenvalue weighted by Crippen LogP contribution is -2.27. The molecule has 8 nitrogen and oxygen atoms in total. The molecule has 1 amide bonds. The van der Waals surface area contributed by atoms with Gasteiger partial charge in [-0.05, 0) is 39.8 Å². The van der Waals surface area contributed by atoms with Crippen molar-refractivity contribution in [1.82, 2.24) is 4.57 Å².